The van der Waals surface area contributed by atoms with E-state index in [2.05, 4.69) is 15.4 Å². The van der Waals surface area contributed by atoms with Gasteiger partial charge in [0.15, 0.2) is 5.75 Å². The van der Waals surface area contributed by atoms with Crippen LogP contribution in [0.5, 0.6) is 23.0 Å². The first kappa shape index (κ1) is 46.9. The highest BCUT2D eigenvalue weighted by Crippen LogP contribution is 2.55. The number of carbonyl (C=O) groups is 3. The van der Waals surface area contributed by atoms with Gasteiger partial charge in [-0.2, -0.15) is 0 Å². The molecule has 0 unspecified atom stereocenters. The van der Waals surface area contributed by atoms with Gasteiger partial charge in [-0.3, -0.25) is 19.3 Å². The van der Waals surface area contributed by atoms with Gasteiger partial charge in [-0.25, -0.2) is 0 Å². The Morgan fingerprint density at radius 2 is 1.67 bits per heavy atom. The molecule has 6 N–H and O–H groups in total. The van der Waals surface area contributed by atoms with Gasteiger partial charge >= 0.3 is 11.8 Å². The number of aliphatic hydroxyl groups is 2. The van der Waals surface area contributed by atoms with E-state index in [4.69, 9.17) is 28.5 Å². The molecule has 0 aliphatic carbocycles. The van der Waals surface area contributed by atoms with Crippen molar-refractivity contribution in [2.45, 2.75) is 85.6 Å². The summed E-state index contributed by atoms with van der Waals surface area (Å²) in [6.07, 6.45) is 4.53. The fraction of sp³-hybridized carbons (Fsp3) is 0.545. The van der Waals surface area contributed by atoms with Crippen LogP contribution in [0.1, 0.15) is 70.0 Å². The number of morpholine rings is 1. The second kappa shape index (κ2) is 19.7. The number of aromatic hydroxyl groups is 3. The molecule has 1 fully saturated rings. The number of nitrogens with zero attached hydrogens (tertiary/aromatic N) is 2. The highest BCUT2D eigenvalue weighted by Gasteiger charge is 2.50. The Bertz CT molecular complexity index is 2090. The molecule has 61 heavy (non-hydrogen) atoms. The molecule has 0 spiro atoms. The lowest BCUT2D eigenvalue weighted by atomic mass is 9.78. The van der Waals surface area contributed by atoms with Gasteiger partial charge in [-0.15, -0.1) is 0 Å². The van der Waals surface area contributed by atoms with Crippen molar-refractivity contribution in [3.8, 4) is 23.0 Å². The smallest absolute Gasteiger partial charge is 0.312 e. The number of Topliss-reactive ketones (excluding diaryl/α,β-unsaturated/α-hetero) is 1. The number of esters is 1. The molecular formula is C44H59N3O14. The number of amides is 1. The van der Waals surface area contributed by atoms with Crippen LogP contribution in [-0.4, -0.2) is 131 Å². The summed E-state index contributed by atoms with van der Waals surface area (Å²) in [5.74, 6) is -8.67. The number of nitrogens with one attached hydrogen (secondary N) is 1. The van der Waals surface area contributed by atoms with Crippen molar-refractivity contribution >= 4 is 40.3 Å². The number of oxime groups is 1. The van der Waals surface area contributed by atoms with Crippen LogP contribution in [0.2, 0.25) is 0 Å². The lowest BCUT2D eigenvalue weighted by molar-refractivity contribution is -0.160. The maximum atomic E-state index is 14.4. The first-order chi connectivity index (χ1) is 28.8. The Balaban J connectivity index is 1.65. The Labute approximate surface area is 355 Å². The van der Waals surface area contributed by atoms with Gasteiger partial charge in [-0.05, 0) is 19.9 Å². The van der Waals surface area contributed by atoms with Crippen LogP contribution in [0.25, 0.3) is 10.8 Å². The van der Waals surface area contributed by atoms with Crippen LogP contribution in [0.15, 0.2) is 41.3 Å². The van der Waals surface area contributed by atoms with Gasteiger partial charge in [0, 0.05) is 80.8 Å². The lowest BCUT2D eigenvalue weighted by Crippen LogP contribution is -2.46. The fourth-order valence-electron chi connectivity index (χ4n) is 8.01. The van der Waals surface area contributed by atoms with Crippen molar-refractivity contribution in [2.75, 3.05) is 51.9 Å². The van der Waals surface area contributed by atoms with Crippen molar-refractivity contribution in [2.24, 2.45) is 28.8 Å². The average Bonchev–Trinajstić information content (AvgIpc) is 3.50. The van der Waals surface area contributed by atoms with Gasteiger partial charge in [0.05, 0.1) is 66.2 Å². The molecule has 4 aliphatic heterocycles. The molecule has 0 radical (unpaired) electrons. The molecule has 4 aliphatic rings. The number of methoxy groups -OCH3 is 1. The normalized spacial score (nSPS) is 31.3. The maximum Gasteiger partial charge on any atom is 0.312 e. The van der Waals surface area contributed by atoms with E-state index in [1.807, 2.05) is 0 Å². The number of phenols is 3. The Kier molecular flexibility index (Phi) is 15.1. The van der Waals surface area contributed by atoms with E-state index in [0.29, 0.717) is 19.8 Å². The van der Waals surface area contributed by atoms with Crippen LogP contribution in [0.3, 0.4) is 0 Å². The van der Waals surface area contributed by atoms with Crippen LogP contribution in [0, 0.1) is 30.6 Å². The largest absolute Gasteiger partial charge is 0.507 e. The van der Waals surface area contributed by atoms with E-state index in [0.717, 1.165) is 19.3 Å². The monoisotopic (exact) mass is 853 g/mol. The third-order valence-corrected chi connectivity index (χ3v) is 11.9. The van der Waals surface area contributed by atoms with Crippen LogP contribution < -0.4 is 10.1 Å². The number of ether oxygens (including phenoxy) is 5. The van der Waals surface area contributed by atoms with Crippen molar-refractivity contribution in [1.29, 1.82) is 0 Å². The van der Waals surface area contributed by atoms with E-state index >= 15 is 0 Å². The second-order valence-electron chi connectivity index (χ2n) is 16.1. The number of hydrogen-bond acceptors (Lipinski definition) is 16. The zero-order chi connectivity index (χ0) is 44.9. The van der Waals surface area contributed by atoms with E-state index in [1.54, 1.807) is 39.8 Å². The quantitative estimate of drug-likeness (QED) is 0.0564. The number of rotatable bonds is 7. The number of allylic oxidation sites excluding steroid dienone is 2. The summed E-state index contributed by atoms with van der Waals surface area (Å²) in [7, 11) is 1.43. The molecule has 9 atom stereocenters. The van der Waals surface area contributed by atoms with Gasteiger partial charge in [0.2, 0.25) is 0 Å². The van der Waals surface area contributed by atoms with E-state index < -0.39 is 88.8 Å². The summed E-state index contributed by atoms with van der Waals surface area (Å²) in [5.41, 5.74) is -0.623. The Hall–Kier alpha value is -5.20. The van der Waals surface area contributed by atoms with Crippen molar-refractivity contribution in [3.05, 3.63) is 52.8 Å². The van der Waals surface area contributed by atoms with E-state index in [9.17, 15) is 39.9 Å². The first-order valence-corrected chi connectivity index (χ1v) is 20.4. The minimum atomic E-state index is -2.07. The van der Waals surface area contributed by atoms with Gasteiger partial charge in [-0.1, -0.05) is 51.1 Å². The SMILES string of the molecule is CO[C@H]1/C=C/O[C@@]2(C)Oc3c(C)c(O)c4c(O)c(c(/C=N/OCCN5CCOCC5)c(O)c4c3C2=O)NC(=O)/C(C)=C\C=C\[C@@H](C)[C@H](O)[C@@H](C)[C@H](O)[C@@H](C)[C@H](OC(C)=O)[C@@H]1C. The molecule has 0 aromatic heterocycles. The molecule has 6 rings (SSSR count). The summed E-state index contributed by atoms with van der Waals surface area (Å²) < 4.78 is 28.9. The number of anilines is 1. The summed E-state index contributed by atoms with van der Waals surface area (Å²) in [6.45, 7) is 15.7. The van der Waals surface area contributed by atoms with E-state index in [1.165, 1.54) is 53.2 Å². The minimum Gasteiger partial charge on any atom is -0.507 e. The maximum absolute atomic E-state index is 14.4. The van der Waals surface area contributed by atoms with Crippen LogP contribution in [0.4, 0.5) is 5.69 Å². The molecule has 4 heterocycles. The molecule has 0 saturated carbocycles. The number of fused-ring (bicyclic) bond motifs is 14. The summed E-state index contributed by atoms with van der Waals surface area (Å²) in [4.78, 5) is 48.1. The number of hydrogen-bond donors (Lipinski definition) is 6. The molecule has 2 aromatic carbocycles. The third-order valence-electron chi connectivity index (χ3n) is 11.9. The third kappa shape index (κ3) is 9.81. The van der Waals surface area contributed by atoms with Crippen molar-refractivity contribution in [1.82, 2.24) is 4.90 Å². The minimum absolute atomic E-state index is 0.0319. The highest BCUT2D eigenvalue weighted by molar-refractivity contribution is 6.23. The topological polar surface area (TPSA) is 235 Å². The van der Waals surface area contributed by atoms with Gasteiger partial charge in [0.25, 0.3) is 11.7 Å². The van der Waals surface area contributed by atoms with Crippen LogP contribution >= 0.6 is 0 Å². The molecule has 17 heteroatoms. The molecule has 2 aromatic rings. The number of aliphatic hydroxyl groups excluding tert-OH is 2. The molecule has 1 amide bonds. The Morgan fingerprint density at radius 3 is 2.33 bits per heavy atom. The van der Waals surface area contributed by atoms with Crippen molar-refractivity contribution < 1.29 is 68.4 Å². The number of carbonyl (C=O) groups excluding carboxylic acids is 3. The zero-order valence-electron chi connectivity index (χ0n) is 36.1. The van der Waals surface area contributed by atoms with Crippen LogP contribution in [-0.2, 0) is 33.4 Å². The number of phenolic OH excluding ortho intramolecular Hbond substituents is 3. The van der Waals surface area contributed by atoms with Crippen molar-refractivity contribution in [3.63, 3.8) is 0 Å². The average molecular weight is 854 g/mol. The zero-order valence-corrected chi connectivity index (χ0v) is 36.1. The molecule has 5 bridgehead atoms. The number of ketones is 1. The van der Waals surface area contributed by atoms with Gasteiger partial charge in [0.1, 0.15) is 30.0 Å². The Morgan fingerprint density at radius 1 is 0.984 bits per heavy atom. The second-order valence-corrected chi connectivity index (χ2v) is 16.1. The summed E-state index contributed by atoms with van der Waals surface area (Å²) in [6, 6.07) is 0. The standard InChI is InChI=1S/C44H59N3O14/c1-22-11-10-12-23(2)43(55)46-34-29(21-45-59-20-16-47-14-18-57-19-15-47)38(52)31-32(39(34)53)37(51)27(6)41-33(31)42(54)44(8,61-41)58-17-13-30(56-9)24(3)40(60-28(7)48)26(5)36(50)25(4)35(22)49/h10-13,17,21-22,24-26,30,35-36,40,49-53H,14-16,18-20H2,1-9H3,(H,46,55)/b11-10+,17-13+,23-12-,45-21+/t22-,24-,25-,26-,30+,35+,36+,40-,44+/m1/s1. The summed E-state index contributed by atoms with van der Waals surface area (Å²) in [5, 5.41) is 64.3. The molecule has 17 nitrogen and oxygen atoms in total. The first-order valence-electron chi connectivity index (χ1n) is 20.4. The van der Waals surface area contributed by atoms with E-state index in [-0.39, 0.29) is 51.1 Å². The lowest BCUT2D eigenvalue weighted by Gasteiger charge is -2.38. The predicted octanol–water partition coefficient (Wildman–Crippen LogP) is 4.44. The van der Waals surface area contributed by atoms with Gasteiger partial charge < -0.3 is 59.4 Å². The molecule has 1 saturated heterocycles. The number of benzene rings is 2. The molecule has 334 valence electrons. The fourth-order valence-corrected chi connectivity index (χ4v) is 8.01. The molecular weight excluding hydrogens is 794 g/mol. The predicted molar refractivity (Wildman–Crippen MR) is 225 cm³/mol. The summed E-state index contributed by atoms with van der Waals surface area (Å²) >= 11 is 0. The highest BCUT2D eigenvalue weighted by atomic mass is 16.7.